The molecule has 2 saturated heterocycles. The summed E-state index contributed by atoms with van der Waals surface area (Å²) in [6, 6.07) is 17.6. The minimum atomic E-state index is -1.47. The molecule has 6 nitrogen and oxygen atoms in total. The highest BCUT2D eigenvalue weighted by atomic mass is 19.2. The molecule has 2 unspecified atom stereocenters. The zero-order chi connectivity index (χ0) is 25.7. The van der Waals surface area contributed by atoms with Crippen molar-refractivity contribution in [2.75, 3.05) is 26.9 Å². The number of amides is 1. The van der Waals surface area contributed by atoms with Gasteiger partial charge >= 0.3 is 6.09 Å². The number of benzene rings is 3. The molecule has 2 bridgehead atoms. The van der Waals surface area contributed by atoms with E-state index in [2.05, 4.69) is 24.3 Å². The van der Waals surface area contributed by atoms with E-state index in [1.807, 2.05) is 24.3 Å². The Labute approximate surface area is 213 Å². The summed E-state index contributed by atoms with van der Waals surface area (Å²) in [4.78, 5) is 15.0. The minimum Gasteiger partial charge on any atom is -0.494 e. The fourth-order valence-electron chi connectivity index (χ4n) is 6.16. The molecule has 6 rings (SSSR count). The summed E-state index contributed by atoms with van der Waals surface area (Å²) < 4.78 is 44.7. The fourth-order valence-corrected chi connectivity index (χ4v) is 6.16. The summed E-state index contributed by atoms with van der Waals surface area (Å²) in [7, 11) is 1.24. The van der Waals surface area contributed by atoms with Crippen molar-refractivity contribution >= 4 is 6.09 Å². The van der Waals surface area contributed by atoms with Crippen molar-refractivity contribution in [1.82, 2.24) is 4.90 Å². The van der Waals surface area contributed by atoms with E-state index < -0.39 is 35.4 Å². The lowest BCUT2D eigenvalue weighted by molar-refractivity contribution is -0.136. The van der Waals surface area contributed by atoms with Crippen LogP contribution in [0.4, 0.5) is 13.6 Å². The Balaban J connectivity index is 1.21. The monoisotopic (exact) mass is 507 g/mol. The average molecular weight is 508 g/mol. The highest BCUT2D eigenvalue weighted by Crippen LogP contribution is 2.46. The number of methoxy groups -OCH3 is 1. The molecule has 2 atom stereocenters. The van der Waals surface area contributed by atoms with E-state index in [0.717, 1.165) is 28.3 Å². The molecule has 2 fully saturated rings. The number of piperidine rings is 1. The van der Waals surface area contributed by atoms with Gasteiger partial charge in [0.1, 0.15) is 6.61 Å². The van der Waals surface area contributed by atoms with Crippen LogP contribution in [0.15, 0.2) is 60.7 Å². The molecule has 3 aromatic rings. The number of fused-ring (bicyclic) bond motifs is 5. The molecule has 0 radical (unpaired) electrons. The van der Waals surface area contributed by atoms with E-state index in [-0.39, 0.29) is 49.9 Å². The summed E-state index contributed by atoms with van der Waals surface area (Å²) in [6.07, 6.45) is -0.269. The molecule has 3 aromatic carbocycles. The van der Waals surface area contributed by atoms with Crippen molar-refractivity contribution in [2.24, 2.45) is 0 Å². The van der Waals surface area contributed by atoms with Crippen molar-refractivity contribution < 1.29 is 32.9 Å². The second kappa shape index (κ2) is 9.11. The number of aliphatic hydroxyl groups is 1. The van der Waals surface area contributed by atoms with E-state index in [9.17, 15) is 18.7 Å². The summed E-state index contributed by atoms with van der Waals surface area (Å²) in [6.45, 7) is 0.613. The summed E-state index contributed by atoms with van der Waals surface area (Å²) >= 11 is 0. The second-order valence-electron chi connectivity index (χ2n) is 9.97. The van der Waals surface area contributed by atoms with Gasteiger partial charge in [-0.1, -0.05) is 48.5 Å². The molecular formula is C29H27F2NO5. The molecule has 2 aliphatic heterocycles. The van der Waals surface area contributed by atoms with Crippen molar-refractivity contribution in [3.8, 4) is 16.9 Å². The first kappa shape index (κ1) is 23.9. The van der Waals surface area contributed by atoms with Gasteiger partial charge in [-0.05, 0) is 39.9 Å². The summed E-state index contributed by atoms with van der Waals surface area (Å²) in [5.41, 5.74) is 3.29. The van der Waals surface area contributed by atoms with E-state index in [1.54, 1.807) is 4.90 Å². The van der Waals surface area contributed by atoms with Gasteiger partial charge < -0.3 is 19.3 Å². The van der Waals surface area contributed by atoms with Crippen LogP contribution in [0.3, 0.4) is 0 Å². The minimum absolute atomic E-state index is 0.0659. The Morgan fingerprint density at radius 3 is 2.22 bits per heavy atom. The quantitative estimate of drug-likeness (QED) is 0.540. The van der Waals surface area contributed by atoms with Gasteiger partial charge in [-0.15, -0.1) is 0 Å². The van der Waals surface area contributed by atoms with Gasteiger partial charge in [0.15, 0.2) is 11.6 Å². The molecule has 0 spiro atoms. The standard InChI is InChI=1S/C29H27F2NO5/c1-35-26-11-17(10-25(30)27(26)31)29(34)12-18-14-36-15-19(13-29)32(18)28(33)37-16-24-22-8-4-2-6-20(22)21-7-3-5-9-23(21)24/h2-11,18-19,24,34H,12-16H2,1H3. The van der Waals surface area contributed by atoms with Crippen molar-refractivity contribution in [3.63, 3.8) is 0 Å². The molecule has 3 aliphatic rings. The number of carbonyl (C=O) groups is 1. The fraction of sp³-hybridized carbons (Fsp3) is 0.345. The number of halogens is 2. The van der Waals surface area contributed by atoms with Gasteiger partial charge in [0, 0.05) is 18.8 Å². The zero-order valence-corrected chi connectivity index (χ0v) is 20.3. The number of carbonyl (C=O) groups excluding carboxylic acids is 1. The van der Waals surface area contributed by atoms with Crippen molar-refractivity contribution in [3.05, 3.63) is 89.0 Å². The molecule has 192 valence electrons. The third-order valence-corrected chi connectivity index (χ3v) is 7.85. The Kier molecular flexibility index (Phi) is 5.88. The predicted molar refractivity (Wildman–Crippen MR) is 131 cm³/mol. The number of morpholine rings is 1. The lowest BCUT2D eigenvalue weighted by atomic mass is 9.77. The summed E-state index contributed by atoms with van der Waals surface area (Å²) in [5, 5.41) is 11.5. The lowest BCUT2D eigenvalue weighted by Gasteiger charge is -2.51. The van der Waals surface area contributed by atoms with Crippen LogP contribution in [0.25, 0.3) is 11.1 Å². The zero-order valence-electron chi connectivity index (χ0n) is 20.3. The van der Waals surface area contributed by atoms with Gasteiger partial charge in [0.25, 0.3) is 0 Å². The van der Waals surface area contributed by atoms with E-state index in [4.69, 9.17) is 14.2 Å². The Morgan fingerprint density at radius 2 is 1.62 bits per heavy atom. The molecule has 8 heteroatoms. The van der Waals surface area contributed by atoms with Crippen LogP contribution >= 0.6 is 0 Å². The number of hydrogen-bond acceptors (Lipinski definition) is 5. The maximum Gasteiger partial charge on any atom is 0.410 e. The predicted octanol–water partition coefficient (Wildman–Crippen LogP) is 4.97. The molecule has 1 N–H and O–H groups in total. The van der Waals surface area contributed by atoms with Crippen LogP contribution in [0, 0.1) is 11.6 Å². The molecule has 1 aliphatic carbocycles. The van der Waals surface area contributed by atoms with Crippen LogP contribution in [0.5, 0.6) is 5.75 Å². The third-order valence-electron chi connectivity index (χ3n) is 7.85. The van der Waals surface area contributed by atoms with Crippen LogP contribution < -0.4 is 4.74 Å². The first-order chi connectivity index (χ1) is 17.9. The largest absolute Gasteiger partial charge is 0.494 e. The molecule has 37 heavy (non-hydrogen) atoms. The van der Waals surface area contributed by atoms with Crippen molar-refractivity contribution in [2.45, 2.75) is 36.4 Å². The van der Waals surface area contributed by atoms with Gasteiger partial charge in [-0.25, -0.2) is 9.18 Å². The van der Waals surface area contributed by atoms with Gasteiger partial charge in [-0.2, -0.15) is 4.39 Å². The Morgan fingerprint density at radius 1 is 1.03 bits per heavy atom. The molecule has 2 heterocycles. The first-order valence-electron chi connectivity index (χ1n) is 12.4. The topological polar surface area (TPSA) is 68.2 Å². The molecule has 0 aromatic heterocycles. The Bertz CT molecular complexity index is 1300. The molecule has 1 amide bonds. The number of ether oxygens (including phenoxy) is 3. The van der Waals surface area contributed by atoms with E-state index >= 15 is 0 Å². The second-order valence-corrected chi connectivity index (χ2v) is 9.97. The van der Waals surface area contributed by atoms with Crippen LogP contribution in [0.2, 0.25) is 0 Å². The highest BCUT2D eigenvalue weighted by Gasteiger charge is 2.50. The summed E-state index contributed by atoms with van der Waals surface area (Å²) in [5.74, 6) is -2.54. The van der Waals surface area contributed by atoms with Gasteiger partial charge in [0.2, 0.25) is 5.82 Å². The molecular weight excluding hydrogens is 480 g/mol. The highest BCUT2D eigenvalue weighted by molar-refractivity contribution is 5.79. The smallest absolute Gasteiger partial charge is 0.410 e. The number of rotatable bonds is 4. The van der Waals surface area contributed by atoms with Crippen LogP contribution in [-0.2, 0) is 15.1 Å². The van der Waals surface area contributed by atoms with Crippen molar-refractivity contribution in [1.29, 1.82) is 0 Å². The maximum atomic E-state index is 14.2. The first-order valence-corrected chi connectivity index (χ1v) is 12.4. The Hall–Kier alpha value is -3.49. The van der Waals surface area contributed by atoms with E-state index in [0.29, 0.717) is 0 Å². The van der Waals surface area contributed by atoms with Crippen LogP contribution in [0.1, 0.15) is 35.4 Å². The third kappa shape index (κ3) is 3.95. The lowest BCUT2D eigenvalue weighted by Crippen LogP contribution is -2.62. The maximum absolute atomic E-state index is 14.2. The van der Waals surface area contributed by atoms with Gasteiger partial charge in [-0.3, -0.25) is 4.90 Å². The molecule has 0 saturated carbocycles. The van der Waals surface area contributed by atoms with E-state index in [1.165, 1.54) is 13.2 Å². The normalized spacial score (nSPS) is 24.4. The number of hydrogen-bond donors (Lipinski definition) is 1. The number of nitrogens with zero attached hydrogens (tertiary/aromatic N) is 1. The van der Waals surface area contributed by atoms with Crippen LogP contribution in [-0.4, -0.2) is 55.1 Å². The average Bonchev–Trinajstić information content (AvgIpc) is 3.22. The van der Waals surface area contributed by atoms with Gasteiger partial charge in [0.05, 0.1) is 38.0 Å². The SMILES string of the molecule is COc1cc(C2(O)CC3COCC(C2)N3C(=O)OCC2c3ccccc3-c3ccccc32)cc(F)c1F.